The van der Waals surface area contributed by atoms with Gasteiger partial charge in [-0.2, -0.15) is 8.42 Å². The molecule has 0 radical (unpaired) electrons. The van der Waals surface area contributed by atoms with Gasteiger partial charge in [0, 0.05) is 0 Å². The average Bonchev–Trinajstić information content (AvgIpc) is 2.29. The van der Waals surface area contributed by atoms with Crippen LogP contribution in [0.25, 0.3) is 0 Å². The van der Waals surface area contributed by atoms with Gasteiger partial charge in [-0.1, -0.05) is 90.9 Å². The summed E-state index contributed by atoms with van der Waals surface area (Å²) in [5.41, 5.74) is 0. The molecule has 0 aromatic rings. The maximum atomic E-state index is 8.74. The average molecular weight is 347 g/mol. The van der Waals surface area contributed by atoms with Gasteiger partial charge in [0.25, 0.3) is 0 Å². The van der Waals surface area contributed by atoms with E-state index < -0.39 is 10.4 Å². The second kappa shape index (κ2) is 23.9. The molecule has 0 amide bonds. The van der Waals surface area contributed by atoms with Gasteiger partial charge >= 0.3 is 63.0 Å². The monoisotopic (exact) mass is 346 g/mol. The van der Waals surface area contributed by atoms with Crippen molar-refractivity contribution in [3.05, 3.63) is 0 Å². The number of hydrogen-bond acceptors (Lipinski definition) is 2. The Labute approximate surface area is 170 Å². The maximum absolute atomic E-state index is 8.74. The Morgan fingerprint density at radius 2 is 0.762 bits per heavy atom. The zero-order valence-corrected chi connectivity index (χ0v) is 13.4. The van der Waals surface area contributed by atoms with Gasteiger partial charge in [0.05, 0.1) is 0 Å². The van der Waals surface area contributed by atoms with Gasteiger partial charge in [0.1, 0.15) is 0 Å². The Hall–Kier alpha value is 1.64. The van der Waals surface area contributed by atoms with Crippen LogP contribution >= 0.6 is 0 Å². The molecule has 2 N–H and O–H groups in total. The van der Waals surface area contributed by atoms with Gasteiger partial charge in [-0.15, -0.1) is 0 Å². The molecule has 0 saturated carbocycles. The molecule has 0 heterocycles. The van der Waals surface area contributed by atoms with Crippen molar-refractivity contribution >= 4 is 63.0 Å². The third-order valence-electron chi connectivity index (χ3n) is 2.96. The molecule has 124 valence electrons. The Bertz CT molecular complexity index is 242. The van der Waals surface area contributed by atoms with Crippen LogP contribution < -0.4 is 0 Å². The quantitative estimate of drug-likeness (QED) is 0.341. The fourth-order valence-electron chi connectivity index (χ4n) is 1.91. The topological polar surface area (TPSA) is 74.6 Å². The van der Waals surface area contributed by atoms with Gasteiger partial charge in [-0.25, -0.2) is 0 Å². The summed E-state index contributed by atoms with van der Waals surface area (Å²) in [7, 11) is -4.67. The van der Waals surface area contributed by atoms with Crippen LogP contribution in [0, 0.1) is 0 Å². The molecule has 0 rings (SSSR count). The molecule has 0 aliphatic heterocycles. The van der Waals surface area contributed by atoms with E-state index in [2.05, 4.69) is 13.8 Å². The summed E-state index contributed by atoms with van der Waals surface area (Å²) in [6.45, 7) is 4.57. The zero-order chi connectivity index (χ0) is 15.0. The van der Waals surface area contributed by atoms with Crippen LogP contribution in [0.1, 0.15) is 90.9 Å². The second-order valence-corrected chi connectivity index (χ2v) is 5.88. The molecule has 0 aromatic heterocycles. The van der Waals surface area contributed by atoms with Crippen molar-refractivity contribution in [2.24, 2.45) is 0 Å². The molecule has 0 spiro atoms. The SMILES string of the molecule is CCCCCCCCCCCCCC.O=S(=O)(O)O.[MgH2].[NaH]. The first-order valence-electron chi connectivity index (χ1n) is 7.61. The molecule has 0 unspecified atom stereocenters. The van der Waals surface area contributed by atoms with Crippen LogP contribution in [0.4, 0.5) is 0 Å². The molecule has 0 bridgehead atoms. The van der Waals surface area contributed by atoms with Crippen molar-refractivity contribution in [3.63, 3.8) is 0 Å². The molecule has 0 aliphatic carbocycles. The molecular weight excluding hydrogens is 312 g/mol. The van der Waals surface area contributed by atoms with Gasteiger partial charge in [0.15, 0.2) is 0 Å². The first-order valence-corrected chi connectivity index (χ1v) is 9.01. The van der Waals surface area contributed by atoms with E-state index in [1.807, 2.05) is 0 Å². The van der Waals surface area contributed by atoms with Crippen molar-refractivity contribution in [3.8, 4) is 0 Å². The Morgan fingerprint density at radius 3 is 0.905 bits per heavy atom. The summed E-state index contributed by atoms with van der Waals surface area (Å²) in [4.78, 5) is 0. The molecule has 0 aromatic carbocycles. The van der Waals surface area contributed by atoms with Crippen molar-refractivity contribution in [1.29, 1.82) is 0 Å². The summed E-state index contributed by atoms with van der Waals surface area (Å²) in [6, 6.07) is 0. The standard InChI is InChI=1S/C14H30.Mg.Na.H2O4S.3H/c1-3-5-7-9-11-13-14-12-10-8-6-4-2;;;1-5(2,3)4;;;/h3-14H2,1-2H3;;;(H2,1,2,3,4);;;. The van der Waals surface area contributed by atoms with E-state index >= 15 is 0 Å². The molecule has 0 saturated heterocycles. The van der Waals surface area contributed by atoms with Gasteiger partial charge < -0.3 is 0 Å². The van der Waals surface area contributed by atoms with Crippen molar-refractivity contribution in [2.75, 3.05) is 0 Å². The second-order valence-electron chi connectivity index (χ2n) is 4.98. The van der Waals surface area contributed by atoms with E-state index in [1.165, 1.54) is 77.0 Å². The summed E-state index contributed by atoms with van der Waals surface area (Å²) in [5.74, 6) is 0. The first kappa shape index (κ1) is 30.5. The van der Waals surface area contributed by atoms with Gasteiger partial charge in [-0.3, -0.25) is 9.11 Å². The van der Waals surface area contributed by atoms with E-state index in [0.29, 0.717) is 0 Å². The Kier molecular flexibility index (Phi) is 34.7. The third-order valence-corrected chi connectivity index (χ3v) is 2.96. The summed E-state index contributed by atoms with van der Waals surface area (Å²) in [6.07, 6.45) is 17.4. The summed E-state index contributed by atoms with van der Waals surface area (Å²) >= 11 is 0. The molecule has 0 atom stereocenters. The van der Waals surface area contributed by atoms with Crippen LogP contribution in [0.3, 0.4) is 0 Å². The van der Waals surface area contributed by atoms with E-state index in [9.17, 15) is 0 Å². The van der Waals surface area contributed by atoms with Crippen molar-refractivity contribution in [2.45, 2.75) is 90.9 Å². The van der Waals surface area contributed by atoms with E-state index in [0.717, 1.165) is 0 Å². The number of rotatable bonds is 11. The normalized spacial score (nSPS) is 9.90. The molecule has 0 fully saturated rings. The minimum absolute atomic E-state index is 0. The predicted molar refractivity (Wildman–Crippen MR) is 96.6 cm³/mol. The van der Waals surface area contributed by atoms with Crippen LogP contribution in [0.5, 0.6) is 0 Å². The number of hydrogen-bond donors (Lipinski definition) is 2. The fourth-order valence-corrected chi connectivity index (χ4v) is 1.91. The van der Waals surface area contributed by atoms with Crippen LogP contribution in [0.15, 0.2) is 0 Å². The Balaban J connectivity index is -0.000000179. The predicted octanol–water partition coefficient (Wildman–Crippen LogP) is 3.49. The van der Waals surface area contributed by atoms with Gasteiger partial charge in [-0.05, 0) is 0 Å². The molecule has 7 heteroatoms. The molecule has 4 nitrogen and oxygen atoms in total. The van der Waals surface area contributed by atoms with Crippen LogP contribution in [-0.2, 0) is 10.4 Å². The van der Waals surface area contributed by atoms with Crippen LogP contribution in [0.2, 0.25) is 0 Å². The van der Waals surface area contributed by atoms with Crippen molar-refractivity contribution < 1.29 is 17.5 Å². The fraction of sp³-hybridized carbons (Fsp3) is 1.00. The molecule has 21 heavy (non-hydrogen) atoms. The minimum atomic E-state index is -4.67. The zero-order valence-electron chi connectivity index (χ0n) is 12.6. The van der Waals surface area contributed by atoms with E-state index in [-0.39, 0.29) is 52.6 Å². The van der Waals surface area contributed by atoms with E-state index in [4.69, 9.17) is 17.5 Å². The molecular formula is C14H35MgNaO4S. The number of unbranched alkanes of at least 4 members (excludes halogenated alkanes) is 11. The molecule has 0 aliphatic rings. The summed E-state index contributed by atoms with van der Waals surface area (Å²) in [5, 5.41) is 0. The first-order chi connectivity index (χ1) is 8.91. The Morgan fingerprint density at radius 1 is 0.619 bits per heavy atom. The third kappa shape index (κ3) is 52.2. The van der Waals surface area contributed by atoms with E-state index in [1.54, 1.807) is 0 Å². The van der Waals surface area contributed by atoms with Gasteiger partial charge in [0.2, 0.25) is 0 Å². The van der Waals surface area contributed by atoms with Crippen LogP contribution in [-0.4, -0.2) is 70.1 Å². The van der Waals surface area contributed by atoms with Crippen molar-refractivity contribution in [1.82, 2.24) is 0 Å². The summed E-state index contributed by atoms with van der Waals surface area (Å²) < 4.78 is 31.6.